The number of halogens is 2. The van der Waals surface area contributed by atoms with Crippen LogP contribution in [0.3, 0.4) is 0 Å². The summed E-state index contributed by atoms with van der Waals surface area (Å²) in [6.45, 7) is 9.02. The van der Waals surface area contributed by atoms with E-state index in [0.717, 1.165) is 31.5 Å². The number of rotatable bonds is 4. The lowest BCUT2D eigenvalue weighted by atomic mass is 9.97. The van der Waals surface area contributed by atoms with Crippen molar-refractivity contribution in [3.8, 4) is 11.1 Å². The Kier molecular flexibility index (Phi) is 5.94. The maximum absolute atomic E-state index is 14.5. The van der Waals surface area contributed by atoms with Crippen LogP contribution in [0, 0.1) is 18.7 Å². The lowest BCUT2D eigenvalue weighted by molar-refractivity contribution is 0.130. The number of piperidine rings is 1. The zero-order valence-corrected chi connectivity index (χ0v) is 18.4. The summed E-state index contributed by atoms with van der Waals surface area (Å²) in [6, 6.07) is 8.82. The average molecular weight is 428 g/mol. The molecule has 30 heavy (non-hydrogen) atoms. The Bertz CT molecular complexity index is 1140. The summed E-state index contributed by atoms with van der Waals surface area (Å²) in [4.78, 5) is 20.2. The monoisotopic (exact) mass is 427 g/mol. The molecule has 2 heterocycles. The van der Waals surface area contributed by atoms with Crippen LogP contribution in [0.25, 0.3) is 22.0 Å². The Morgan fingerprint density at radius 3 is 2.83 bits per heavy atom. The van der Waals surface area contributed by atoms with Gasteiger partial charge in [0.25, 0.3) is 5.56 Å². The van der Waals surface area contributed by atoms with E-state index in [9.17, 15) is 9.18 Å². The Hall–Kier alpha value is -2.24. The number of benzene rings is 2. The number of fused-ring (bicyclic) bond motifs is 1. The molecule has 0 spiro atoms. The molecular weight excluding hydrogens is 401 g/mol. The van der Waals surface area contributed by atoms with Gasteiger partial charge in [0, 0.05) is 24.7 Å². The van der Waals surface area contributed by atoms with Crippen molar-refractivity contribution in [1.82, 2.24) is 14.5 Å². The molecule has 4 rings (SSSR count). The quantitative estimate of drug-likeness (QED) is 0.568. The fourth-order valence-electron chi connectivity index (χ4n) is 4.36. The van der Waals surface area contributed by atoms with E-state index in [0.29, 0.717) is 45.6 Å². The van der Waals surface area contributed by atoms with Crippen LogP contribution < -0.4 is 5.56 Å². The molecule has 0 bridgehead atoms. The van der Waals surface area contributed by atoms with E-state index in [1.165, 1.54) is 6.07 Å². The second kappa shape index (κ2) is 8.48. The first-order valence-electron chi connectivity index (χ1n) is 10.5. The molecule has 1 atom stereocenters. The van der Waals surface area contributed by atoms with Gasteiger partial charge >= 0.3 is 0 Å². The second-order valence-electron chi connectivity index (χ2n) is 8.58. The van der Waals surface area contributed by atoms with Gasteiger partial charge in [-0.1, -0.05) is 23.7 Å². The number of aromatic nitrogens is 2. The topological polar surface area (TPSA) is 38.1 Å². The smallest absolute Gasteiger partial charge is 0.261 e. The molecule has 0 saturated carbocycles. The molecule has 1 aromatic heterocycles. The van der Waals surface area contributed by atoms with E-state index < -0.39 is 5.82 Å². The minimum atomic E-state index is -0.398. The van der Waals surface area contributed by atoms with E-state index in [2.05, 4.69) is 23.7 Å². The highest BCUT2D eigenvalue weighted by atomic mass is 35.5. The van der Waals surface area contributed by atoms with Crippen molar-refractivity contribution in [2.75, 3.05) is 13.1 Å². The standard InChI is InChI=1S/C24H27ClFN3O/c1-15(2)28-10-4-5-17(12-28)13-29-14-27-21-9-7-18(11-19(21)24(29)30)22-20(26)8-6-16(3)23(22)25/h6-9,11,14-15,17H,4-5,10,12-13H2,1-3H3/t17-/m0/s1. The summed E-state index contributed by atoms with van der Waals surface area (Å²) in [5, 5.41) is 0.859. The van der Waals surface area contributed by atoms with Crippen molar-refractivity contribution < 1.29 is 4.39 Å². The van der Waals surface area contributed by atoms with Gasteiger partial charge in [0.05, 0.1) is 22.3 Å². The van der Waals surface area contributed by atoms with Crippen molar-refractivity contribution in [3.05, 3.63) is 63.4 Å². The zero-order valence-electron chi connectivity index (χ0n) is 17.7. The van der Waals surface area contributed by atoms with E-state index in [-0.39, 0.29) is 5.56 Å². The molecule has 2 aromatic carbocycles. The van der Waals surface area contributed by atoms with Gasteiger partial charge in [-0.25, -0.2) is 9.37 Å². The summed E-state index contributed by atoms with van der Waals surface area (Å²) in [5.41, 5.74) is 2.23. The molecular formula is C24H27ClFN3O. The van der Waals surface area contributed by atoms with Crippen molar-refractivity contribution in [3.63, 3.8) is 0 Å². The summed E-state index contributed by atoms with van der Waals surface area (Å²) in [7, 11) is 0. The maximum atomic E-state index is 14.5. The van der Waals surface area contributed by atoms with E-state index in [4.69, 9.17) is 11.6 Å². The molecule has 3 aromatic rings. The molecule has 1 aliphatic heterocycles. The number of hydrogen-bond acceptors (Lipinski definition) is 3. The molecule has 1 fully saturated rings. The lowest BCUT2D eigenvalue weighted by Gasteiger charge is -2.35. The molecule has 6 heteroatoms. The first kappa shape index (κ1) is 21.0. The number of hydrogen-bond donors (Lipinski definition) is 0. The van der Waals surface area contributed by atoms with Crippen molar-refractivity contribution in [1.29, 1.82) is 0 Å². The Balaban J connectivity index is 1.71. The third-order valence-corrected chi connectivity index (χ3v) is 6.62. The van der Waals surface area contributed by atoms with Gasteiger partial charge in [-0.2, -0.15) is 0 Å². The zero-order chi connectivity index (χ0) is 21.4. The lowest BCUT2D eigenvalue weighted by Crippen LogP contribution is -2.42. The second-order valence-corrected chi connectivity index (χ2v) is 8.96. The molecule has 0 amide bonds. The normalized spacial score (nSPS) is 17.7. The number of aryl methyl sites for hydroxylation is 1. The van der Waals surface area contributed by atoms with Crippen LogP contribution in [-0.2, 0) is 6.54 Å². The van der Waals surface area contributed by atoms with Gasteiger partial charge in [0.2, 0.25) is 0 Å². The first-order chi connectivity index (χ1) is 14.3. The van der Waals surface area contributed by atoms with Gasteiger partial charge in [-0.05, 0) is 75.4 Å². The molecule has 1 aliphatic rings. The molecule has 1 saturated heterocycles. The third-order valence-electron chi connectivity index (χ3n) is 6.13. The SMILES string of the molecule is Cc1ccc(F)c(-c2ccc3ncn(C[C@H]4CCCN(C(C)C)C4)c(=O)c3c2)c1Cl. The van der Waals surface area contributed by atoms with Crippen LogP contribution in [0.1, 0.15) is 32.3 Å². The van der Waals surface area contributed by atoms with Crippen LogP contribution in [0.4, 0.5) is 4.39 Å². The Morgan fingerprint density at radius 2 is 2.07 bits per heavy atom. The highest BCUT2D eigenvalue weighted by Crippen LogP contribution is 2.34. The molecule has 158 valence electrons. The van der Waals surface area contributed by atoms with Crippen LogP contribution in [-0.4, -0.2) is 33.6 Å². The molecule has 0 aliphatic carbocycles. The van der Waals surface area contributed by atoms with Crippen LogP contribution in [0.5, 0.6) is 0 Å². The molecule has 0 radical (unpaired) electrons. The molecule has 0 unspecified atom stereocenters. The van der Waals surface area contributed by atoms with E-state index in [1.807, 2.05) is 6.92 Å². The van der Waals surface area contributed by atoms with Crippen molar-refractivity contribution >= 4 is 22.5 Å². The summed E-state index contributed by atoms with van der Waals surface area (Å²) in [5.74, 6) is 0.0232. The van der Waals surface area contributed by atoms with Gasteiger partial charge in [-0.15, -0.1) is 0 Å². The number of likely N-dealkylation sites (tertiary alicyclic amines) is 1. The Morgan fingerprint density at radius 1 is 1.27 bits per heavy atom. The highest BCUT2D eigenvalue weighted by molar-refractivity contribution is 6.34. The summed E-state index contributed by atoms with van der Waals surface area (Å²) < 4.78 is 16.2. The van der Waals surface area contributed by atoms with Crippen molar-refractivity contribution in [2.45, 2.75) is 46.2 Å². The largest absolute Gasteiger partial charge is 0.301 e. The third kappa shape index (κ3) is 4.01. The Labute approximate surface area is 181 Å². The van der Waals surface area contributed by atoms with E-state index in [1.54, 1.807) is 35.2 Å². The fraction of sp³-hybridized carbons (Fsp3) is 0.417. The summed E-state index contributed by atoms with van der Waals surface area (Å²) >= 11 is 6.38. The van der Waals surface area contributed by atoms with Gasteiger partial charge in [0.1, 0.15) is 5.82 Å². The highest BCUT2D eigenvalue weighted by Gasteiger charge is 2.22. The van der Waals surface area contributed by atoms with E-state index >= 15 is 0 Å². The van der Waals surface area contributed by atoms with Gasteiger partial charge in [0.15, 0.2) is 0 Å². The first-order valence-corrected chi connectivity index (χ1v) is 10.9. The average Bonchev–Trinajstić information content (AvgIpc) is 2.73. The van der Waals surface area contributed by atoms with Crippen LogP contribution in [0.15, 0.2) is 41.5 Å². The van der Waals surface area contributed by atoms with Crippen LogP contribution in [0.2, 0.25) is 5.02 Å². The number of nitrogens with zero attached hydrogens (tertiary/aromatic N) is 3. The van der Waals surface area contributed by atoms with Crippen LogP contribution >= 0.6 is 11.6 Å². The fourth-order valence-corrected chi connectivity index (χ4v) is 4.62. The summed E-state index contributed by atoms with van der Waals surface area (Å²) in [6.07, 6.45) is 3.89. The minimum Gasteiger partial charge on any atom is -0.301 e. The maximum Gasteiger partial charge on any atom is 0.261 e. The van der Waals surface area contributed by atoms with Crippen molar-refractivity contribution in [2.24, 2.45) is 5.92 Å². The minimum absolute atomic E-state index is 0.0901. The predicted octanol–water partition coefficient (Wildman–Crippen LogP) is 5.28. The molecule has 4 nitrogen and oxygen atoms in total. The van der Waals surface area contributed by atoms with Gasteiger partial charge in [-0.3, -0.25) is 9.36 Å². The predicted molar refractivity (Wildman–Crippen MR) is 121 cm³/mol. The van der Waals surface area contributed by atoms with Gasteiger partial charge < -0.3 is 4.90 Å². The molecule has 0 N–H and O–H groups in total.